The van der Waals surface area contributed by atoms with Crippen LogP contribution in [0.25, 0.3) is 0 Å². The Balaban J connectivity index is 1.79. The highest BCUT2D eigenvalue weighted by Crippen LogP contribution is 2.28. The molecule has 2 rings (SSSR count). The van der Waals surface area contributed by atoms with E-state index in [0.29, 0.717) is 5.25 Å². The quantitative estimate of drug-likeness (QED) is 0.785. The average molecular weight is 295 g/mol. The molecule has 1 amide bonds. The van der Waals surface area contributed by atoms with E-state index in [9.17, 15) is 4.79 Å². The number of carbonyl (C=O) groups is 1. The molecule has 1 fully saturated rings. The molecular formula is C14H21N3O2S. The van der Waals surface area contributed by atoms with Crippen LogP contribution >= 0.6 is 11.8 Å². The molecule has 2 heterocycles. The van der Waals surface area contributed by atoms with Crippen LogP contribution in [0.4, 0.5) is 4.79 Å². The van der Waals surface area contributed by atoms with Gasteiger partial charge in [-0.2, -0.15) is 0 Å². The lowest BCUT2D eigenvalue weighted by atomic mass is 10.1. The highest BCUT2D eigenvalue weighted by molar-refractivity contribution is 7.99. The fourth-order valence-electron chi connectivity index (χ4n) is 1.98. The third-order valence-corrected chi connectivity index (χ3v) is 4.13. The number of aromatic nitrogens is 2. The minimum Gasteiger partial charge on any atom is -0.444 e. The van der Waals surface area contributed by atoms with Crippen LogP contribution in [0.15, 0.2) is 23.6 Å². The van der Waals surface area contributed by atoms with Gasteiger partial charge in [0, 0.05) is 30.7 Å². The Morgan fingerprint density at radius 1 is 1.30 bits per heavy atom. The molecule has 0 atom stereocenters. The lowest BCUT2D eigenvalue weighted by Gasteiger charge is -2.32. The zero-order valence-electron chi connectivity index (χ0n) is 12.2. The molecule has 1 saturated heterocycles. The number of rotatable bonds is 2. The number of thioether (sulfide) groups is 1. The SMILES string of the molecule is CC(C)(C)OC(=O)N1CCC(Sc2ncccn2)CC1. The fraction of sp³-hybridized carbons (Fsp3) is 0.643. The van der Waals surface area contributed by atoms with Crippen molar-refractivity contribution in [3.05, 3.63) is 18.5 Å². The maximum Gasteiger partial charge on any atom is 0.410 e. The monoisotopic (exact) mass is 295 g/mol. The molecule has 0 spiro atoms. The van der Waals surface area contributed by atoms with Crippen LogP contribution in [0.1, 0.15) is 33.6 Å². The average Bonchev–Trinajstić information content (AvgIpc) is 2.39. The van der Waals surface area contributed by atoms with Crippen molar-refractivity contribution in [2.24, 2.45) is 0 Å². The second-order valence-electron chi connectivity index (χ2n) is 5.82. The number of carbonyl (C=O) groups excluding carboxylic acids is 1. The molecule has 0 saturated carbocycles. The number of ether oxygens (including phenoxy) is 1. The molecule has 0 unspecified atom stereocenters. The van der Waals surface area contributed by atoms with Gasteiger partial charge in [0.2, 0.25) is 0 Å². The minimum atomic E-state index is -0.430. The summed E-state index contributed by atoms with van der Waals surface area (Å²) in [7, 11) is 0. The van der Waals surface area contributed by atoms with E-state index in [-0.39, 0.29) is 6.09 Å². The predicted octanol–water partition coefficient (Wildman–Crippen LogP) is 2.97. The molecule has 1 aromatic heterocycles. The van der Waals surface area contributed by atoms with E-state index in [2.05, 4.69) is 9.97 Å². The van der Waals surface area contributed by atoms with E-state index in [1.807, 2.05) is 26.8 Å². The molecule has 1 aromatic rings. The van der Waals surface area contributed by atoms with Crippen molar-refractivity contribution in [2.75, 3.05) is 13.1 Å². The van der Waals surface area contributed by atoms with Gasteiger partial charge >= 0.3 is 6.09 Å². The van der Waals surface area contributed by atoms with Crippen molar-refractivity contribution < 1.29 is 9.53 Å². The molecule has 20 heavy (non-hydrogen) atoms. The van der Waals surface area contributed by atoms with Crippen LogP contribution in [0, 0.1) is 0 Å². The molecule has 0 bridgehead atoms. The Hall–Kier alpha value is -1.30. The topological polar surface area (TPSA) is 55.3 Å². The van der Waals surface area contributed by atoms with Gasteiger partial charge in [-0.05, 0) is 39.7 Å². The molecule has 110 valence electrons. The van der Waals surface area contributed by atoms with Gasteiger partial charge in [0.15, 0.2) is 5.16 Å². The third-order valence-electron chi connectivity index (χ3n) is 2.91. The first-order valence-electron chi connectivity index (χ1n) is 6.86. The molecule has 1 aliphatic heterocycles. The van der Waals surface area contributed by atoms with Crippen molar-refractivity contribution in [3.8, 4) is 0 Å². The Morgan fingerprint density at radius 3 is 2.45 bits per heavy atom. The van der Waals surface area contributed by atoms with E-state index in [4.69, 9.17) is 4.74 Å². The Morgan fingerprint density at radius 2 is 1.90 bits per heavy atom. The second kappa shape index (κ2) is 6.43. The molecular weight excluding hydrogens is 274 g/mol. The van der Waals surface area contributed by atoms with Crippen molar-refractivity contribution in [1.29, 1.82) is 0 Å². The summed E-state index contributed by atoms with van der Waals surface area (Å²) in [5, 5.41) is 1.28. The van der Waals surface area contributed by atoms with E-state index in [1.54, 1.807) is 29.1 Å². The van der Waals surface area contributed by atoms with Gasteiger partial charge in [-0.3, -0.25) is 0 Å². The Labute approximate surface area is 124 Å². The summed E-state index contributed by atoms with van der Waals surface area (Å²) < 4.78 is 5.39. The molecule has 0 radical (unpaired) electrons. The first-order valence-corrected chi connectivity index (χ1v) is 7.73. The number of hydrogen-bond donors (Lipinski definition) is 0. The largest absolute Gasteiger partial charge is 0.444 e. The maximum atomic E-state index is 12.0. The van der Waals surface area contributed by atoms with Crippen molar-refractivity contribution in [1.82, 2.24) is 14.9 Å². The van der Waals surface area contributed by atoms with E-state index in [0.717, 1.165) is 31.1 Å². The molecule has 6 heteroatoms. The maximum absolute atomic E-state index is 12.0. The van der Waals surface area contributed by atoms with Crippen LogP contribution in [-0.2, 0) is 4.74 Å². The van der Waals surface area contributed by atoms with Crippen molar-refractivity contribution in [2.45, 2.75) is 49.6 Å². The van der Waals surface area contributed by atoms with Crippen LogP contribution < -0.4 is 0 Å². The first kappa shape index (κ1) is 15.1. The number of likely N-dealkylation sites (tertiary alicyclic amines) is 1. The zero-order valence-corrected chi connectivity index (χ0v) is 13.0. The molecule has 0 aromatic carbocycles. The van der Waals surface area contributed by atoms with Crippen LogP contribution in [-0.4, -0.2) is 44.9 Å². The zero-order chi connectivity index (χ0) is 14.6. The van der Waals surface area contributed by atoms with Crippen LogP contribution in [0.2, 0.25) is 0 Å². The van der Waals surface area contributed by atoms with Gasteiger partial charge in [0.05, 0.1) is 0 Å². The summed E-state index contributed by atoms with van der Waals surface area (Å²) in [6, 6.07) is 1.81. The van der Waals surface area contributed by atoms with Gasteiger partial charge in [-0.1, -0.05) is 11.8 Å². The standard InChI is InChI=1S/C14H21N3O2S/c1-14(2,3)19-13(18)17-9-5-11(6-10-17)20-12-15-7-4-8-16-12/h4,7-8,11H,5-6,9-10H2,1-3H3. The van der Waals surface area contributed by atoms with Crippen molar-refractivity contribution in [3.63, 3.8) is 0 Å². The van der Waals surface area contributed by atoms with Crippen molar-refractivity contribution >= 4 is 17.9 Å². The summed E-state index contributed by atoms with van der Waals surface area (Å²) in [6.07, 6.45) is 5.19. The summed E-state index contributed by atoms with van der Waals surface area (Å²) in [5.41, 5.74) is -0.430. The smallest absolute Gasteiger partial charge is 0.410 e. The number of nitrogens with zero attached hydrogens (tertiary/aromatic N) is 3. The number of piperidine rings is 1. The van der Waals surface area contributed by atoms with Gasteiger partial charge in [0.1, 0.15) is 5.60 Å². The molecule has 1 aliphatic rings. The Kier molecular flexibility index (Phi) is 4.86. The van der Waals surface area contributed by atoms with Gasteiger partial charge < -0.3 is 9.64 Å². The minimum absolute atomic E-state index is 0.211. The molecule has 0 N–H and O–H groups in total. The first-order chi connectivity index (χ1) is 9.44. The van der Waals surface area contributed by atoms with Gasteiger partial charge in [-0.25, -0.2) is 14.8 Å². The molecule has 0 aliphatic carbocycles. The summed E-state index contributed by atoms with van der Waals surface area (Å²) in [5.74, 6) is 0. The lowest BCUT2D eigenvalue weighted by molar-refractivity contribution is 0.0219. The lowest BCUT2D eigenvalue weighted by Crippen LogP contribution is -2.42. The third kappa shape index (κ3) is 4.67. The normalized spacial score (nSPS) is 17.1. The van der Waals surface area contributed by atoms with Gasteiger partial charge in [0.25, 0.3) is 0 Å². The highest BCUT2D eigenvalue weighted by Gasteiger charge is 2.27. The van der Waals surface area contributed by atoms with Gasteiger partial charge in [-0.15, -0.1) is 0 Å². The summed E-state index contributed by atoms with van der Waals surface area (Å²) in [6.45, 7) is 7.14. The van der Waals surface area contributed by atoms with E-state index >= 15 is 0 Å². The molecule has 5 nitrogen and oxygen atoms in total. The van der Waals surface area contributed by atoms with E-state index < -0.39 is 5.60 Å². The van der Waals surface area contributed by atoms with Crippen LogP contribution in [0.5, 0.6) is 0 Å². The number of hydrogen-bond acceptors (Lipinski definition) is 5. The van der Waals surface area contributed by atoms with Crippen LogP contribution in [0.3, 0.4) is 0 Å². The summed E-state index contributed by atoms with van der Waals surface area (Å²) in [4.78, 5) is 22.2. The second-order valence-corrected chi connectivity index (χ2v) is 7.08. The fourth-order valence-corrected chi connectivity index (χ4v) is 2.97. The van der Waals surface area contributed by atoms with E-state index in [1.165, 1.54) is 0 Å². The number of amides is 1. The summed E-state index contributed by atoms with van der Waals surface area (Å²) >= 11 is 1.69. The highest BCUT2D eigenvalue weighted by atomic mass is 32.2. The predicted molar refractivity (Wildman–Crippen MR) is 78.7 cm³/mol. The Bertz CT molecular complexity index is 439.